The van der Waals surface area contributed by atoms with Crippen molar-refractivity contribution in [2.75, 3.05) is 20.7 Å². The average Bonchev–Trinajstić information content (AvgIpc) is 2.62. The number of ether oxygens (including phenoxy) is 1. The maximum absolute atomic E-state index is 10.0. The molecule has 0 aromatic heterocycles. The van der Waals surface area contributed by atoms with Gasteiger partial charge in [0.05, 0.1) is 7.11 Å². The highest BCUT2D eigenvalue weighted by Crippen LogP contribution is 2.26. The number of phenolic OH excluding ortho intramolecular Hbond substituents is 1. The Morgan fingerprint density at radius 3 is 2.88 bits per heavy atom. The molecular formula is C19H31N3O2. The van der Waals surface area contributed by atoms with E-state index in [2.05, 4.69) is 22.5 Å². The number of aromatic hydroxyl groups is 1. The van der Waals surface area contributed by atoms with Crippen LogP contribution in [0.1, 0.15) is 44.6 Å². The van der Waals surface area contributed by atoms with Crippen molar-refractivity contribution in [1.82, 2.24) is 10.6 Å². The molecule has 2 unspecified atom stereocenters. The van der Waals surface area contributed by atoms with Crippen LogP contribution < -0.4 is 15.4 Å². The van der Waals surface area contributed by atoms with E-state index in [9.17, 15) is 5.11 Å². The highest BCUT2D eigenvalue weighted by atomic mass is 16.5. The van der Waals surface area contributed by atoms with Gasteiger partial charge in [0.2, 0.25) is 0 Å². The van der Waals surface area contributed by atoms with Crippen LogP contribution in [0.5, 0.6) is 11.5 Å². The van der Waals surface area contributed by atoms with E-state index in [-0.39, 0.29) is 5.75 Å². The van der Waals surface area contributed by atoms with Crippen LogP contribution in [0, 0.1) is 5.92 Å². The maximum Gasteiger partial charge on any atom is 0.191 e. The summed E-state index contributed by atoms with van der Waals surface area (Å²) in [5.74, 6) is 2.64. The summed E-state index contributed by atoms with van der Waals surface area (Å²) < 4.78 is 5.11. The summed E-state index contributed by atoms with van der Waals surface area (Å²) in [4.78, 5) is 4.33. The molecule has 1 aliphatic carbocycles. The molecular weight excluding hydrogens is 302 g/mol. The molecule has 1 aliphatic rings. The number of hydrogen-bond acceptors (Lipinski definition) is 3. The number of rotatable bonds is 6. The minimum Gasteiger partial charge on any atom is -0.508 e. The molecule has 134 valence electrons. The molecule has 0 aliphatic heterocycles. The van der Waals surface area contributed by atoms with Gasteiger partial charge in [0.15, 0.2) is 5.96 Å². The number of methoxy groups -OCH3 is 1. The Morgan fingerprint density at radius 1 is 1.38 bits per heavy atom. The van der Waals surface area contributed by atoms with Crippen LogP contribution in [0.3, 0.4) is 0 Å². The van der Waals surface area contributed by atoms with Crippen molar-refractivity contribution >= 4 is 5.96 Å². The van der Waals surface area contributed by atoms with E-state index in [1.54, 1.807) is 20.2 Å². The minimum atomic E-state index is 0.275. The topological polar surface area (TPSA) is 65.9 Å². The third-order valence-electron chi connectivity index (χ3n) is 4.90. The van der Waals surface area contributed by atoms with Crippen LogP contribution in [0.2, 0.25) is 0 Å². The summed E-state index contributed by atoms with van der Waals surface area (Å²) in [6, 6.07) is 5.94. The first-order valence-electron chi connectivity index (χ1n) is 8.99. The molecule has 2 atom stereocenters. The van der Waals surface area contributed by atoms with Crippen LogP contribution >= 0.6 is 0 Å². The SMILES string of the molecule is CCC1CCCC(NC(=NC)NCCc2ccc(OC)cc2O)C1. The molecule has 5 nitrogen and oxygen atoms in total. The van der Waals surface area contributed by atoms with Crippen molar-refractivity contribution in [3.63, 3.8) is 0 Å². The standard InChI is InChI=1S/C19H31N3O2/c1-4-14-6-5-7-16(12-14)22-19(20-2)21-11-10-15-8-9-17(24-3)13-18(15)23/h8-9,13-14,16,23H,4-7,10-12H2,1-3H3,(H2,20,21,22). The van der Waals surface area contributed by atoms with Crippen LogP contribution in [0.25, 0.3) is 0 Å². The van der Waals surface area contributed by atoms with Gasteiger partial charge < -0.3 is 20.5 Å². The fourth-order valence-corrected chi connectivity index (χ4v) is 3.38. The number of nitrogens with zero attached hydrogens (tertiary/aromatic N) is 1. The molecule has 24 heavy (non-hydrogen) atoms. The molecule has 1 aromatic rings. The minimum absolute atomic E-state index is 0.275. The predicted octanol–water partition coefficient (Wildman–Crippen LogP) is 3.08. The second kappa shape index (κ2) is 9.40. The Kier molecular flexibility index (Phi) is 7.22. The molecule has 0 spiro atoms. The quantitative estimate of drug-likeness (QED) is 0.553. The zero-order valence-corrected chi connectivity index (χ0v) is 15.1. The summed E-state index contributed by atoms with van der Waals surface area (Å²) in [5, 5.41) is 16.9. The van der Waals surface area contributed by atoms with E-state index < -0.39 is 0 Å². The van der Waals surface area contributed by atoms with Gasteiger partial charge in [-0.25, -0.2) is 0 Å². The highest BCUT2D eigenvalue weighted by molar-refractivity contribution is 5.80. The lowest BCUT2D eigenvalue weighted by Crippen LogP contribution is -2.45. The Labute approximate surface area is 145 Å². The van der Waals surface area contributed by atoms with Crippen molar-refractivity contribution in [2.45, 2.75) is 51.5 Å². The molecule has 2 rings (SSSR count). The molecule has 1 saturated carbocycles. The average molecular weight is 333 g/mol. The van der Waals surface area contributed by atoms with Gasteiger partial charge in [0, 0.05) is 25.7 Å². The van der Waals surface area contributed by atoms with E-state index >= 15 is 0 Å². The monoisotopic (exact) mass is 333 g/mol. The lowest BCUT2D eigenvalue weighted by atomic mass is 9.84. The molecule has 0 bridgehead atoms. The van der Waals surface area contributed by atoms with E-state index in [0.717, 1.165) is 30.4 Å². The Hall–Kier alpha value is -1.91. The number of hydrogen-bond donors (Lipinski definition) is 3. The highest BCUT2D eigenvalue weighted by Gasteiger charge is 2.21. The van der Waals surface area contributed by atoms with E-state index in [4.69, 9.17) is 4.74 Å². The van der Waals surface area contributed by atoms with Gasteiger partial charge in [-0.3, -0.25) is 4.99 Å². The summed E-state index contributed by atoms with van der Waals surface area (Å²) in [7, 11) is 3.40. The summed E-state index contributed by atoms with van der Waals surface area (Å²) in [5.41, 5.74) is 0.905. The molecule has 0 amide bonds. The van der Waals surface area contributed by atoms with Crippen molar-refractivity contribution in [3.8, 4) is 11.5 Å². The fourth-order valence-electron chi connectivity index (χ4n) is 3.38. The zero-order valence-electron chi connectivity index (χ0n) is 15.1. The molecule has 0 radical (unpaired) electrons. The lowest BCUT2D eigenvalue weighted by molar-refractivity contribution is 0.298. The summed E-state index contributed by atoms with van der Waals surface area (Å²) >= 11 is 0. The Balaban J connectivity index is 1.79. The molecule has 1 fully saturated rings. The zero-order chi connectivity index (χ0) is 17.4. The van der Waals surface area contributed by atoms with E-state index in [0.29, 0.717) is 11.8 Å². The number of nitrogens with one attached hydrogen (secondary N) is 2. The summed E-state index contributed by atoms with van der Waals surface area (Å²) in [6.07, 6.45) is 7.11. The van der Waals surface area contributed by atoms with E-state index in [1.807, 2.05) is 12.1 Å². The van der Waals surface area contributed by atoms with Gasteiger partial charge in [0.25, 0.3) is 0 Å². The van der Waals surface area contributed by atoms with Gasteiger partial charge in [-0.15, -0.1) is 0 Å². The van der Waals surface area contributed by atoms with Gasteiger partial charge in [-0.2, -0.15) is 0 Å². The van der Waals surface area contributed by atoms with Crippen molar-refractivity contribution in [3.05, 3.63) is 23.8 Å². The van der Waals surface area contributed by atoms with Crippen LogP contribution in [0.15, 0.2) is 23.2 Å². The largest absolute Gasteiger partial charge is 0.508 e. The Bertz CT molecular complexity index is 545. The molecule has 3 N–H and O–H groups in total. The summed E-state index contributed by atoms with van der Waals surface area (Å²) in [6.45, 7) is 3.00. The number of aliphatic imine (C=N–C) groups is 1. The van der Waals surface area contributed by atoms with Gasteiger partial charge in [0.1, 0.15) is 11.5 Å². The van der Waals surface area contributed by atoms with Gasteiger partial charge in [-0.1, -0.05) is 32.3 Å². The first-order chi connectivity index (χ1) is 11.7. The lowest BCUT2D eigenvalue weighted by Gasteiger charge is -2.30. The smallest absolute Gasteiger partial charge is 0.191 e. The normalized spacial score (nSPS) is 21.4. The number of benzene rings is 1. The predicted molar refractivity (Wildman–Crippen MR) is 98.9 cm³/mol. The first-order valence-corrected chi connectivity index (χ1v) is 8.99. The molecule has 1 aromatic carbocycles. The Morgan fingerprint density at radius 2 is 2.21 bits per heavy atom. The van der Waals surface area contributed by atoms with Crippen LogP contribution in [0.4, 0.5) is 0 Å². The van der Waals surface area contributed by atoms with Gasteiger partial charge >= 0.3 is 0 Å². The van der Waals surface area contributed by atoms with Gasteiger partial charge in [-0.05, 0) is 36.8 Å². The van der Waals surface area contributed by atoms with Crippen molar-refractivity contribution in [2.24, 2.45) is 10.9 Å². The third-order valence-corrected chi connectivity index (χ3v) is 4.90. The molecule has 5 heteroatoms. The molecule has 0 heterocycles. The number of guanidine groups is 1. The van der Waals surface area contributed by atoms with Crippen molar-refractivity contribution < 1.29 is 9.84 Å². The number of phenols is 1. The van der Waals surface area contributed by atoms with Crippen LogP contribution in [-0.4, -0.2) is 37.8 Å². The molecule has 0 saturated heterocycles. The van der Waals surface area contributed by atoms with Crippen molar-refractivity contribution in [1.29, 1.82) is 0 Å². The third kappa shape index (κ3) is 5.32. The second-order valence-electron chi connectivity index (χ2n) is 6.53. The fraction of sp³-hybridized carbons (Fsp3) is 0.632. The van der Waals surface area contributed by atoms with Crippen LogP contribution in [-0.2, 0) is 6.42 Å². The van der Waals surface area contributed by atoms with E-state index in [1.165, 1.54) is 32.1 Å². The maximum atomic E-state index is 10.0. The first kappa shape index (κ1) is 18.4. The second-order valence-corrected chi connectivity index (χ2v) is 6.53.